The molecule has 1 aromatic rings. The second-order valence-electron chi connectivity index (χ2n) is 2.48. The van der Waals surface area contributed by atoms with Gasteiger partial charge in [-0.2, -0.15) is 0 Å². The van der Waals surface area contributed by atoms with Crippen LogP contribution in [-0.4, -0.2) is 11.4 Å². The van der Waals surface area contributed by atoms with E-state index in [0.29, 0.717) is 6.29 Å². The van der Waals surface area contributed by atoms with E-state index < -0.39 is 5.82 Å². The average molecular weight is 180 g/mol. The van der Waals surface area contributed by atoms with E-state index in [1.54, 1.807) is 0 Å². The first-order valence-corrected chi connectivity index (χ1v) is 3.83. The number of halogens is 1. The van der Waals surface area contributed by atoms with Gasteiger partial charge in [0.25, 0.3) is 0 Å². The van der Waals surface area contributed by atoms with E-state index in [-0.39, 0.29) is 17.7 Å². The van der Waals surface area contributed by atoms with Gasteiger partial charge in [0, 0.05) is 6.42 Å². The summed E-state index contributed by atoms with van der Waals surface area (Å²) in [7, 11) is 0. The third-order valence-corrected chi connectivity index (χ3v) is 1.55. The van der Waals surface area contributed by atoms with Gasteiger partial charge < -0.3 is 9.90 Å². The number of rotatable bonds is 3. The molecule has 0 amide bonds. The smallest absolute Gasteiger partial charge is 0.134 e. The summed E-state index contributed by atoms with van der Waals surface area (Å²) in [5, 5.41) is 9.21. The van der Waals surface area contributed by atoms with Crippen molar-refractivity contribution in [3.63, 3.8) is 0 Å². The zero-order valence-corrected chi connectivity index (χ0v) is 6.90. The fraction of sp³-hybridized carbons (Fsp3) is 0.100. The lowest BCUT2D eigenvalue weighted by atomic mass is 10.1. The van der Waals surface area contributed by atoms with Crippen LogP contribution in [0.25, 0.3) is 6.08 Å². The molecule has 68 valence electrons. The normalized spacial score (nSPS) is 10.5. The first-order valence-electron chi connectivity index (χ1n) is 3.83. The number of phenols is 1. The molecule has 1 N–H and O–H groups in total. The van der Waals surface area contributed by atoms with Gasteiger partial charge in [-0.1, -0.05) is 18.2 Å². The molecule has 1 rings (SSSR count). The molecule has 0 radical (unpaired) electrons. The van der Waals surface area contributed by atoms with Crippen LogP contribution in [0.1, 0.15) is 12.0 Å². The summed E-state index contributed by atoms with van der Waals surface area (Å²) in [5.74, 6) is -0.621. The Morgan fingerprint density at radius 1 is 1.46 bits per heavy atom. The Bertz CT molecular complexity index is 311. The van der Waals surface area contributed by atoms with Gasteiger partial charge in [-0.3, -0.25) is 0 Å². The monoisotopic (exact) mass is 180 g/mol. The van der Waals surface area contributed by atoms with Crippen LogP contribution >= 0.6 is 0 Å². The molecule has 0 saturated carbocycles. The topological polar surface area (TPSA) is 37.3 Å². The number of benzene rings is 1. The van der Waals surface area contributed by atoms with Gasteiger partial charge in [0.15, 0.2) is 0 Å². The number of carbonyl (C=O) groups excluding carboxylic acids is 1. The molecule has 1 aromatic carbocycles. The molecule has 0 aromatic heterocycles. The van der Waals surface area contributed by atoms with Crippen LogP contribution in [0, 0.1) is 5.82 Å². The van der Waals surface area contributed by atoms with Crippen molar-refractivity contribution < 1.29 is 14.3 Å². The van der Waals surface area contributed by atoms with Crippen LogP contribution < -0.4 is 0 Å². The minimum Gasteiger partial charge on any atom is -0.507 e. The van der Waals surface area contributed by atoms with Crippen LogP contribution in [0.3, 0.4) is 0 Å². The van der Waals surface area contributed by atoms with Crippen molar-refractivity contribution in [3.8, 4) is 5.75 Å². The SMILES string of the molecule is O=CCC=Cc1c(O)cccc1F. The van der Waals surface area contributed by atoms with Crippen molar-refractivity contribution in [2.45, 2.75) is 6.42 Å². The van der Waals surface area contributed by atoms with Crippen molar-refractivity contribution >= 4 is 12.4 Å². The molecule has 0 aliphatic carbocycles. The number of hydrogen-bond acceptors (Lipinski definition) is 2. The highest BCUT2D eigenvalue weighted by Crippen LogP contribution is 2.21. The van der Waals surface area contributed by atoms with Crippen molar-refractivity contribution in [1.29, 1.82) is 0 Å². The standard InChI is InChI=1S/C10H9FO2/c11-9-5-3-6-10(13)8(9)4-1-2-7-12/h1,3-7,13H,2H2. The summed E-state index contributed by atoms with van der Waals surface area (Å²) in [5.41, 5.74) is 0.115. The maximum atomic E-state index is 13.0. The van der Waals surface area contributed by atoms with E-state index in [2.05, 4.69) is 0 Å². The van der Waals surface area contributed by atoms with Crippen molar-refractivity contribution in [3.05, 3.63) is 35.7 Å². The van der Waals surface area contributed by atoms with Gasteiger partial charge in [-0.15, -0.1) is 0 Å². The third-order valence-electron chi connectivity index (χ3n) is 1.55. The molecule has 0 fully saturated rings. The molecule has 0 bridgehead atoms. The van der Waals surface area contributed by atoms with Gasteiger partial charge in [-0.05, 0) is 12.1 Å². The van der Waals surface area contributed by atoms with Crippen molar-refractivity contribution in [2.75, 3.05) is 0 Å². The van der Waals surface area contributed by atoms with E-state index in [0.717, 1.165) is 0 Å². The number of hydrogen-bond donors (Lipinski definition) is 1. The zero-order valence-electron chi connectivity index (χ0n) is 6.90. The molecule has 0 heterocycles. The fourth-order valence-electron chi connectivity index (χ4n) is 0.932. The molecule has 13 heavy (non-hydrogen) atoms. The highest BCUT2D eigenvalue weighted by molar-refractivity contribution is 5.61. The largest absolute Gasteiger partial charge is 0.507 e. The van der Waals surface area contributed by atoms with Crippen LogP contribution in [0.2, 0.25) is 0 Å². The highest BCUT2D eigenvalue weighted by atomic mass is 19.1. The summed E-state index contributed by atoms with van der Waals surface area (Å²) in [4.78, 5) is 9.96. The second-order valence-corrected chi connectivity index (χ2v) is 2.48. The minimum absolute atomic E-state index is 0.115. The van der Waals surface area contributed by atoms with Gasteiger partial charge in [-0.25, -0.2) is 4.39 Å². The molecule has 0 spiro atoms. The van der Waals surface area contributed by atoms with Crippen molar-refractivity contribution in [1.82, 2.24) is 0 Å². The molecule has 0 atom stereocenters. The first-order chi connectivity index (χ1) is 6.25. The van der Waals surface area contributed by atoms with Gasteiger partial charge in [0.2, 0.25) is 0 Å². The Kier molecular flexibility index (Phi) is 3.20. The van der Waals surface area contributed by atoms with E-state index in [1.165, 1.54) is 30.4 Å². The van der Waals surface area contributed by atoms with Crippen LogP contribution in [-0.2, 0) is 4.79 Å². The predicted octanol–water partition coefficient (Wildman–Crippen LogP) is 2.13. The summed E-state index contributed by atoms with van der Waals surface area (Å²) in [6.45, 7) is 0. The van der Waals surface area contributed by atoms with Crippen LogP contribution in [0.4, 0.5) is 4.39 Å². The van der Waals surface area contributed by atoms with Crippen LogP contribution in [0.15, 0.2) is 24.3 Å². The zero-order chi connectivity index (χ0) is 9.68. The quantitative estimate of drug-likeness (QED) is 0.723. The summed E-state index contributed by atoms with van der Waals surface area (Å²) >= 11 is 0. The maximum Gasteiger partial charge on any atom is 0.134 e. The molecular formula is C10H9FO2. The van der Waals surface area contributed by atoms with Crippen molar-refractivity contribution in [2.24, 2.45) is 0 Å². The van der Waals surface area contributed by atoms with E-state index in [1.807, 2.05) is 0 Å². The average Bonchev–Trinajstić information content (AvgIpc) is 2.10. The number of allylic oxidation sites excluding steroid dienone is 1. The second kappa shape index (κ2) is 4.40. The fourth-order valence-corrected chi connectivity index (χ4v) is 0.932. The molecule has 0 unspecified atom stereocenters. The summed E-state index contributed by atoms with van der Waals surface area (Å²) in [6, 6.07) is 4.06. The number of aromatic hydroxyl groups is 1. The summed E-state index contributed by atoms with van der Waals surface area (Å²) < 4.78 is 13.0. The first kappa shape index (κ1) is 9.45. The highest BCUT2D eigenvalue weighted by Gasteiger charge is 2.02. The summed E-state index contributed by atoms with van der Waals surface area (Å²) in [6.07, 6.45) is 3.80. The van der Waals surface area contributed by atoms with E-state index in [4.69, 9.17) is 0 Å². The molecule has 3 heteroatoms. The number of aldehydes is 1. The van der Waals surface area contributed by atoms with Gasteiger partial charge >= 0.3 is 0 Å². The third kappa shape index (κ3) is 2.40. The molecule has 0 aliphatic rings. The lowest BCUT2D eigenvalue weighted by Gasteiger charge is -1.98. The van der Waals surface area contributed by atoms with Gasteiger partial charge in [0.05, 0.1) is 5.56 Å². The Hall–Kier alpha value is -1.64. The Labute approximate surface area is 75.3 Å². The maximum absolute atomic E-state index is 13.0. The number of phenolic OH excluding ortho intramolecular Hbond substituents is 1. The van der Waals surface area contributed by atoms with Gasteiger partial charge in [0.1, 0.15) is 17.9 Å². The van der Waals surface area contributed by atoms with E-state index >= 15 is 0 Å². The predicted molar refractivity (Wildman–Crippen MR) is 47.8 cm³/mol. The molecule has 2 nitrogen and oxygen atoms in total. The molecule has 0 saturated heterocycles. The van der Waals surface area contributed by atoms with E-state index in [9.17, 15) is 14.3 Å². The Morgan fingerprint density at radius 3 is 2.85 bits per heavy atom. The Morgan fingerprint density at radius 2 is 2.23 bits per heavy atom. The lowest BCUT2D eigenvalue weighted by Crippen LogP contribution is -1.81. The minimum atomic E-state index is -0.498. The molecular weight excluding hydrogens is 171 g/mol. The Balaban J connectivity index is 2.92. The lowest BCUT2D eigenvalue weighted by molar-refractivity contribution is -0.107. The number of carbonyl (C=O) groups is 1. The molecule has 0 aliphatic heterocycles. The van der Waals surface area contributed by atoms with Crippen LogP contribution in [0.5, 0.6) is 5.75 Å².